The molecule has 0 bridgehead atoms. The van der Waals surface area contributed by atoms with Gasteiger partial charge >= 0.3 is 0 Å². The molecule has 0 radical (unpaired) electrons. The van der Waals surface area contributed by atoms with E-state index in [-0.39, 0.29) is 22.5 Å². The summed E-state index contributed by atoms with van der Waals surface area (Å²) in [6.45, 7) is 6.33. The van der Waals surface area contributed by atoms with Crippen LogP contribution in [0.5, 0.6) is 0 Å². The molecule has 142 valence electrons. The Kier molecular flexibility index (Phi) is 5.90. The number of carbonyl (C=O) groups is 2. The fraction of sp³-hybridized carbons (Fsp3) is 0.600. The molecule has 3 rings (SSSR count). The summed E-state index contributed by atoms with van der Waals surface area (Å²) in [5.41, 5.74) is 0.834. The molecular formula is C20H27FN2O2S. The van der Waals surface area contributed by atoms with Crippen molar-refractivity contribution < 1.29 is 14.0 Å². The number of carbonyl (C=O) groups excluding carboxylic acids is 2. The van der Waals surface area contributed by atoms with Gasteiger partial charge in [0, 0.05) is 31.8 Å². The highest BCUT2D eigenvalue weighted by molar-refractivity contribution is 8.00. The lowest BCUT2D eigenvalue weighted by Gasteiger charge is -2.44. The molecule has 4 nitrogen and oxygen atoms in total. The van der Waals surface area contributed by atoms with Gasteiger partial charge < -0.3 is 9.80 Å². The third-order valence-corrected chi connectivity index (χ3v) is 6.78. The van der Waals surface area contributed by atoms with E-state index in [4.69, 9.17) is 0 Å². The number of nitrogens with zero attached hydrogens (tertiary/aromatic N) is 2. The number of amides is 2. The second-order valence-electron chi connectivity index (χ2n) is 7.62. The van der Waals surface area contributed by atoms with E-state index >= 15 is 0 Å². The van der Waals surface area contributed by atoms with Gasteiger partial charge in [-0.1, -0.05) is 26.0 Å². The fourth-order valence-electron chi connectivity index (χ4n) is 3.83. The van der Waals surface area contributed by atoms with E-state index in [1.165, 1.54) is 12.1 Å². The molecule has 2 aliphatic rings. The van der Waals surface area contributed by atoms with Gasteiger partial charge in [0.2, 0.25) is 11.8 Å². The Morgan fingerprint density at radius 1 is 1.12 bits per heavy atom. The zero-order chi connectivity index (χ0) is 18.7. The van der Waals surface area contributed by atoms with Crippen molar-refractivity contribution in [3.8, 4) is 0 Å². The van der Waals surface area contributed by atoms with Crippen LogP contribution in [-0.4, -0.2) is 51.9 Å². The van der Waals surface area contributed by atoms with Crippen molar-refractivity contribution in [2.45, 2.75) is 44.4 Å². The number of likely N-dealkylation sites (tertiary alicyclic amines) is 1. The van der Waals surface area contributed by atoms with Gasteiger partial charge in [-0.05, 0) is 36.5 Å². The van der Waals surface area contributed by atoms with Gasteiger partial charge in [0.25, 0.3) is 0 Å². The summed E-state index contributed by atoms with van der Waals surface area (Å²) in [5.74, 6) is 1.38. The van der Waals surface area contributed by atoms with Crippen molar-refractivity contribution in [1.29, 1.82) is 0 Å². The number of thioether (sulfide) groups is 1. The number of hydrogen-bond acceptors (Lipinski definition) is 3. The highest BCUT2D eigenvalue weighted by Crippen LogP contribution is 2.44. The van der Waals surface area contributed by atoms with E-state index < -0.39 is 0 Å². The zero-order valence-corrected chi connectivity index (χ0v) is 16.4. The second kappa shape index (κ2) is 7.99. The van der Waals surface area contributed by atoms with E-state index in [9.17, 15) is 14.0 Å². The summed E-state index contributed by atoms with van der Waals surface area (Å²) in [5, 5.41) is 0. The number of halogens is 1. The molecule has 0 saturated carbocycles. The molecule has 1 aromatic carbocycles. The Balaban J connectivity index is 1.58. The third kappa shape index (κ3) is 4.22. The van der Waals surface area contributed by atoms with Gasteiger partial charge in [0.1, 0.15) is 5.82 Å². The van der Waals surface area contributed by atoms with E-state index in [2.05, 4.69) is 18.7 Å². The molecule has 2 heterocycles. The van der Waals surface area contributed by atoms with E-state index in [1.807, 2.05) is 16.7 Å². The molecule has 2 aliphatic heterocycles. The van der Waals surface area contributed by atoms with Gasteiger partial charge in [0.05, 0.1) is 11.3 Å². The molecule has 0 aromatic heterocycles. The maximum absolute atomic E-state index is 13.0. The van der Waals surface area contributed by atoms with Crippen LogP contribution < -0.4 is 0 Å². The summed E-state index contributed by atoms with van der Waals surface area (Å²) >= 11 is 1.87. The number of piperidine rings is 1. The average molecular weight is 379 g/mol. The summed E-state index contributed by atoms with van der Waals surface area (Å²) in [4.78, 5) is 29.0. The zero-order valence-electron chi connectivity index (χ0n) is 15.5. The van der Waals surface area contributed by atoms with Crippen LogP contribution in [0.1, 0.15) is 38.7 Å². The molecule has 0 N–H and O–H groups in total. The van der Waals surface area contributed by atoms with E-state index in [0.29, 0.717) is 31.8 Å². The van der Waals surface area contributed by atoms with Gasteiger partial charge in [0.15, 0.2) is 0 Å². The largest absolute Gasteiger partial charge is 0.342 e. The highest BCUT2D eigenvalue weighted by Gasteiger charge is 2.46. The van der Waals surface area contributed by atoms with Gasteiger partial charge in [-0.3, -0.25) is 9.59 Å². The fourth-order valence-corrected chi connectivity index (χ4v) is 5.30. The maximum atomic E-state index is 13.0. The van der Waals surface area contributed by atoms with Gasteiger partial charge in [-0.2, -0.15) is 0 Å². The Labute approximate surface area is 159 Å². The molecule has 0 atom stereocenters. The van der Waals surface area contributed by atoms with Crippen LogP contribution in [0.15, 0.2) is 24.3 Å². The number of hydrogen-bond donors (Lipinski definition) is 0. The SMILES string of the molecule is CC(C)CC(=O)N1CCSC12CCN(C(=O)Cc1ccc(F)cc1)CC2. The first-order valence-electron chi connectivity index (χ1n) is 9.36. The monoisotopic (exact) mass is 378 g/mol. The standard InChI is InChI=1S/C20H27FN2O2S/c1-15(2)13-19(25)23-11-12-26-20(23)7-9-22(10-8-20)18(24)14-16-3-5-17(21)6-4-16/h3-6,15H,7-14H2,1-2H3. The molecule has 1 spiro atoms. The van der Waals surface area contributed by atoms with Crippen LogP contribution in [0, 0.1) is 11.7 Å². The minimum Gasteiger partial charge on any atom is -0.342 e. The predicted molar refractivity (Wildman–Crippen MR) is 102 cm³/mol. The van der Waals surface area contributed by atoms with Crippen molar-refractivity contribution in [3.63, 3.8) is 0 Å². The minimum absolute atomic E-state index is 0.0783. The Morgan fingerprint density at radius 3 is 2.38 bits per heavy atom. The number of benzene rings is 1. The van der Waals surface area contributed by atoms with Gasteiger partial charge in [-0.15, -0.1) is 11.8 Å². The maximum Gasteiger partial charge on any atom is 0.226 e. The second-order valence-corrected chi connectivity index (χ2v) is 9.08. The summed E-state index contributed by atoms with van der Waals surface area (Å²) < 4.78 is 13.0. The lowest BCUT2D eigenvalue weighted by Crippen LogP contribution is -2.54. The summed E-state index contributed by atoms with van der Waals surface area (Å²) in [6, 6.07) is 6.11. The van der Waals surface area contributed by atoms with Crippen LogP contribution in [0.4, 0.5) is 4.39 Å². The van der Waals surface area contributed by atoms with Crippen LogP contribution in [0.25, 0.3) is 0 Å². The molecule has 0 unspecified atom stereocenters. The first kappa shape index (κ1) is 19.2. The lowest BCUT2D eigenvalue weighted by atomic mass is 9.99. The van der Waals surface area contributed by atoms with E-state index in [0.717, 1.165) is 30.7 Å². The van der Waals surface area contributed by atoms with Crippen LogP contribution in [-0.2, 0) is 16.0 Å². The predicted octanol–water partition coefficient (Wildman–Crippen LogP) is 3.31. The smallest absolute Gasteiger partial charge is 0.226 e. The van der Waals surface area contributed by atoms with Crippen LogP contribution >= 0.6 is 11.8 Å². The van der Waals surface area contributed by atoms with Crippen molar-refractivity contribution in [3.05, 3.63) is 35.6 Å². The Morgan fingerprint density at radius 2 is 1.77 bits per heavy atom. The van der Waals surface area contributed by atoms with Crippen molar-refractivity contribution >= 4 is 23.6 Å². The van der Waals surface area contributed by atoms with Gasteiger partial charge in [-0.25, -0.2) is 4.39 Å². The molecule has 6 heteroatoms. The first-order valence-corrected chi connectivity index (χ1v) is 10.3. The van der Waals surface area contributed by atoms with Crippen molar-refractivity contribution in [2.24, 2.45) is 5.92 Å². The first-order chi connectivity index (χ1) is 12.4. The third-order valence-electron chi connectivity index (χ3n) is 5.23. The molecule has 0 aliphatic carbocycles. The topological polar surface area (TPSA) is 40.6 Å². The average Bonchev–Trinajstić information content (AvgIpc) is 3.00. The number of rotatable bonds is 4. The van der Waals surface area contributed by atoms with Crippen LogP contribution in [0.3, 0.4) is 0 Å². The molecule has 1 aromatic rings. The lowest BCUT2D eigenvalue weighted by molar-refractivity contribution is -0.137. The Hall–Kier alpha value is -1.56. The summed E-state index contributed by atoms with van der Waals surface area (Å²) in [7, 11) is 0. The molecule has 2 amide bonds. The Bertz CT molecular complexity index is 654. The van der Waals surface area contributed by atoms with E-state index in [1.54, 1.807) is 12.1 Å². The van der Waals surface area contributed by atoms with Crippen molar-refractivity contribution in [2.75, 3.05) is 25.4 Å². The molecule has 2 saturated heterocycles. The molecule has 2 fully saturated rings. The normalized spacial score (nSPS) is 19.4. The van der Waals surface area contributed by atoms with Crippen LogP contribution in [0.2, 0.25) is 0 Å². The highest BCUT2D eigenvalue weighted by atomic mass is 32.2. The summed E-state index contributed by atoms with van der Waals surface area (Å²) in [6.07, 6.45) is 2.55. The molecular weight excluding hydrogens is 351 g/mol. The minimum atomic E-state index is -0.287. The molecule has 26 heavy (non-hydrogen) atoms. The van der Waals surface area contributed by atoms with Crippen molar-refractivity contribution in [1.82, 2.24) is 9.80 Å². The quantitative estimate of drug-likeness (QED) is 0.807.